The molecule has 1 aromatic rings. The van der Waals surface area contributed by atoms with Crippen LogP contribution >= 0.6 is 0 Å². The molecular weight excluding hydrogens is 418 g/mol. The van der Waals surface area contributed by atoms with Crippen molar-refractivity contribution in [1.82, 2.24) is 0 Å². The quantitative estimate of drug-likeness (QED) is 0.149. The third-order valence-corrected chi connectivity index (χ3v) is 6.96. The number of ether oxygens (including phenoxy) is 2. The maximum Gasteiger partial charge on any atom is 0.136 e. The fraction of sp³-hybridized carbons (Fsp3) is 0.774. The summed E-state index contributed by atoms with van der Waals surface area (Å²) in [5.41, 5.74) is 1.64. The van der Waals surface area contributed by atoms with Gasteiger partial charge >= 0.3 is 0 Å². The van der Waals surface area contributed by atoms with Gasteiger partial charge in [-0.15, -0.1) is 0 Å². The number of rotatable bonds is 23. The molecule has 1 aromatic carbocycles. The van der Waals surface area contributed by atoms with Crippen LogP contribution in [0.3, 0.4) is 0 Å². The van der Waals surface area contributed by atoms with Crippen LogP contribution in [-0.2, 0) is 11.3 Å². The fourth-order valence-corrected chi connectivity index (χ4v) is 4.63. The Labute approximate surface area is 211 Å². The number of hydrogen-bond donors (Lipinski definition) is 0. The van der Waals surface area contributed by atoms with Gasteiger partial charge in [0.15, 0.2) is 0 Å². The molecule has 3 nitrogen and oxygen atoms in total. The number of methoxy groups -OCH3 is 1. The van der Waals surface area contributed by atoms with Crippen molar-refractivity contribution < 1.29 is 9.47 Å². The summed E-state index contributed by atoms with van der Waals surface area (Å²) in [7, 11) is 1.60. The van der Waals surface area contributed by atoms with Crippen LogP contribution in [0.2, 0.25) is 0 Å². The standard InChI is InChI=1S/C31H53NO2/c1-4-6-7-8-9-10-11-12-13-14-15-16-17-18-19-20-21-22-30(5-2)34-27-28-23-24-29(26-32)31(25-28)33-3/h23-25,30H,4-22,27H2,1-3H3/t30-/m0/s1. The molecule has 0 amide bonds. The molecule has 0 unspecified atom stereocenters. The summed E-state index contributed by atoms with van der Waals surface area (Å²) in [4.78, 5) is 0. The lowest BCUT2D eigenvalue weighted by Gasteiger charge is -2.16. The summed E-state index contributed by atoms with van der Waals surface area (Å²) in [6.45, 7) is 5.08. The first-order chi connectivity index (χ1) is 16.7. The largest absolute Gasteiger partial charge is 0.495 e. The second kappa shape index (κ2) is 22.0. The van der Waals surface area contributed by atoms with Crippen LogP contribution < -0.4 is 4.74 Å². The highest BCUT2D eigenvalue weighted by molar-refractivity contribution is 5.45. The highest BCUT2D eigenvalue weighted by Gasteiger charge is 2.09. The van der Waals surface area contributed by atoms with E-state index in [-0.39, 0.29) is 0 Å². The SMILES string of the molecule is CCCCCCCCCCCCCCCCCCC[C@H](CC)OCc1ccc(C#N)c(OC)c1. The highest BCUT2D eigenvalue weighted by Crippen LogP contribution is 2.21. The summed E-state index contributed by atoms with van der Waals surface area (Å²) < 4.78 is 11.4. The number of nitrogens with zero attached hydrogens (tertiary/aromatic N) is 1. The van der Waals surface area contributed by atoms with Crippen molar-refractivity contribution >= 4 is 0 Å². The van der Waals surface area contributed by atoms with Gasteiger partial charge in [0.2, 0.25) is 0 Å². The zero-order chi connectivity index (χ0) is 24.7. The second-order valence-corrected chi connectivity index (χ2v) is 9.93. The van der Waals surface area contributed by atoms with Gasteiger partial charge in [0, 0.05) is 0 Å². The van der Waals surface area contributed by atoms with E-state index in [1.54, 1.807) is 7.11 Å². The zero-order valence-corrected chi connectivity index (χ0v) is 22.7. The van der Waals surface area contributed by atoms with Crippen LogP contribution in [0.1, 0.15) is 147 Å². The molecule has 1 atom stereocenters. The average Bonchev–Trinajstić information content (AvgIpc) is 2.87. The predicted molar refractivity (Wildman–Crippen MR) is 145 cm³/mol. The Bertz CT molecular complexity index is 637. The van der Waals surface area contributed by atoms with E-state index < -0.39 is 0 Å². The molecule has 0 aliphatic carbocycles. The second-order valence-electron chi connectivity index (χ2n) is 9.93. The molecule has 0 aliphatic heterocycles. The van der Waals surface area contributed by atoms with Gasteiger partial charge in [0.05, 0.1) is 25.4 Å². The molecule has 0 saturated carbocycles. The van der Waals surface area contributed by atoms with Gasteiger partial charge in [0.1, 0.15) is 11.8 Å². The lowest BCUT2D eigenvalue weighted by atomic mass is 10.0. The Balaban J connectivity index is 1.94. The van der Waals surface area contributed by atoms with Gasteiger partial charge in [-0.05, 0) is 30.5 Å². The first kappa shape index (κ1) is 30.5. The Kier molecular flexibility index (Phi) is 19.7. The van der Waals surface area contributed by atoms with Gasteiger partial charge in [0.25, 0.3) is 0 Å². The molecular formula is C31H53NO2. The van der Waals surface area contributed by atoms with E-state index in [0.717, 1.165) is 18.4 Å². The van der Waals surface area contributed by atoms with Crippen LogP contribution in [0.5, 0.6) is 5.75 Å². The van der Waals surface area contributed by atoms with Crippen molar-refractivity contribution in [3.8, 4) is 11.8 Å². The molecule has 0 radical (unpaired) electrons. The molecule has 1 rings (SSSR count). The molecule has 0 spiro atoms. The van der Waals surface area contributed by atoms with E-state index in [4.69, 9.17) is 14.7 Å². The molecule has 0 fully saturated rings. The third kappa shape index (κ3) is 15.4. The molecule has 3 heteroatoms. The smallest absolute Gasteiger partial charge is 0.136 e. The van der Waals surface area contributed by atoms with Crippen molar-refractivity contribution in [1.29, 1.82) is 5.26 Å². The molecule has 0 bridgehead atoms. The van der Waals surface area contributed by atoms with Crippen molar-refractivity contribution in [2.45, 2.75) is 149 Å². The first-order valence-electron chi connectivity index (χ1n) is 14.4. The zero-order valence-electron chi connectivity index (χ0n) is 22.7. The molecule has 0 saturated heterocycles. The Morgan fingerprint density at radius 3 is 1.68 bits per heavy atom. The van der Waals surface area contributed by atoms with E-state index >= 15 is 0 Å². The van der Waals surface area contributed by atoms with Gasteiger partial charge in [-0.1, -0.05) is 129 Å². The Morgan fingerprint density at radius 1 is 0.735 bits per heavy atom. The fourth-order valence-electron chi connectivity index (χ4n) is 4.63. The van der Waals surface area contributed by atoms with E-state index in [1.165, 1.54) is 109 Å². The van der Waals surface area contributed by atoms with Crippen LogP contribution in [0, 0.1) is 11.3 Å². The molecule has 0 aliphatic rings. The first-order valence-corrected chi connectivity index (χ1v) is 14.4. The average molecular weight is 472 g/mol. The highest BCUT2D eigenvalue weighted by atomic mass is 16.5. The lowest BCUT2D eigenvalue weighted by molar-refractivity contribution is 0.0308. The summed E-state index contributed by atoms with van der Waals surface area (Å²) >= 11 is 0. The van der Waals surface area contributed by atoms with E-state index in [0.29, 0.717) is 24.0 Å². The van der Waals surface area contributed by atoms with E-state index in [9.17, 15) is 0 Å². The summed E-state index contributed by atoms with van der Waals surface area (Å²) in [6, 6.07) is 7.85. The van der Waals surface area contributed by atoms with Gasteiger partial charge < -0.3 is 9.47 Å². The summed E-state index contributed by atoms with van der Waals surface area (Å²) in [5.74, 6) is 0.629. The molecule has 194 valence electrons. The van der Waals surface area contributed by atoms with Crippen molar-refractivity contribution in [3.63, 3.8) is 0 Å². The van der Waals surface area contributed by atoms with Crippen molar-refractivity contribution in [3.05, 3.63) is 29.3 Å². The third-order valence-electron chi connectivity index (χ3n) is 6.96. The molecule has 0 aromatic heterocycles. The number of unbranched alkanes of at least 4 members (excludes halogenated alkanes) is 16. The maximum absolute atomic E-state index is 9.11. The van der Waals surface area contributed by atoms with Crippen LogP contribution in [0.4, 0.5) is 0 Å². The molecule has 0 N–H and O–H groups in total. The number of nitriles is 1. The lowest BCUT2D eigenvalue weighted by Crippen LogP contribution is -2.11. The predicted octanol–water partition coefficient (Wildman–Crippen LogP) is 9.90. The summed E-state index contributed by atoms with van der Waals surface area (Å²) in [5, 5.41) is 9.11. The molecule has 34 heavy (non-hydrogen) atoms. The minimum atomic E-state index is 0.318. The monoisotopic (exact) mass is 471 g/mol. The van der Waals surface area contributed by atoms with Crippen LogP contribution in [0.15, 0.2) is 18.2 Å². The van der Waals surface area contributed by atoms with Crippen LogP contribution in [0.25, 0.3) is 0 Å². The van der Waals surface area contributed by atoms with Gasteiger partial charge in [-0.2, -0.15) is 5.26 Å². The minimum Gasteiger partial charge on any atom is -0.495 e. The van der Waals surface area contributed by atoms with Crippen molar-refractivity contribution in [2.75, 3.05) is 7.11 Å². The van der Waals surface area contributed by atoms with Gasteiger partial charge in [-0.25, -0.2) is 0 Å². The molecule has 0 heterocycles. The minimum absolute atomic E-state index is 0.318. The van der Waals surface area contributed by atoms with Gasteiger partial charge in [-0.3, -0.25) is 0 Å². The maximum atomic E-state index is 9.11. The number of hydrogen-bond acceptors (Lipinski definition) is 3. The topological polar surface area (TPSA) is 42.2 Å². The normalized spacial score (nSPS) is 11.9. The Morgan fingerprint density at radius 2 is 1.24 bits per heavy atom. The van der Waals surface area contributed by atoms with Crippen LogP contribution in [-0.4, -0.2) is 13.2 Å². The summed E-state index contributed by atoms with van der Waals surface area (Å²) in [6.07, 6.45) is 26.5. The van der Waals surface area contributed by atoms with E-state index in [2.05, 4.69) is 19.9 Å². The van der Waals surface area contributed by atoms with Crippen molar-refractivity contribution in [2.24, 2.45) is 0 Å². The number of benzene rings is 1. The Hall–Kier alpha value is -1.53. The van der Waals surface area contributed by atoms with E-state index in [1.807, 2.05) is 18.2 Å².